The van der Waals surface area contributed by atoms with E-state index in [0.29, 0.717) is 13.1 Å². The van der Waals surface area contributed by atoms with Crippen molar-refractivity contribution in [1.82, 2.24) is 19.7 Å². The van der Waals surface area contributed by atoms with E-state index in [9.17, 15) is 8.42 Å². The first-order valence-corrected chi connectivity index (χ1v) is 6.76. The van der Waals surface area contributed by atoms with Gasteiger partial charge in [0, 0.05) is 18.5 Å². The lowest BCUT2D eigenvalue weighted by Gasteiger charge is -2.25. The maximum absolute atomic E-state index is 11.3. The zero-order valence-corrected chi connectivity index (χ0v) is 9.73. The molecule has 0 radical (unpaired) electrons. The highest BCUT2D eigenvalue weighted by atomic mass is 32.2. The fraction of sp³-hybridized carbons (Fsp3) is 0.556. The quantitative estimate of drug-likeness (QED) is 0.722. The Morgan fingerprint density at radius 3 is 3.06 bits per heavy atom. The standard InChI is InChI=1S/C9H14N4O2S/c1-2-16(14,15)6-5-12-3-4-13-9(7-12)10-8-11-13/h2,8H,1,3-7H2. The fourth-order valence-electron chi connectivity index (χ4n) is 1.64. The van der Waals surface area contributed by atoms with Crippen LogP contribution in [0.5, 0.6) is 0 Å². The lowest BCUT2D eigenvalue weighted by molar-refractivity contribution is 0.221. The van der Waals surface area contributed by atoms with Crippen LogP contribution in [-0.2, 0) is 22.9 Å². The highest BCUT2D eigenvalue weighted by Gasteiger charge is 2.18. The third-order valence-electron chi connectivity index (χ3n) is 2.63. The Morgan fingerprint density at radius 2 is 2.31 bits per heavy atom. The van der Waals surface area contributed by atoms with Crippen molar-refractivity contribution in [3.8, 4) is 0 Å². The number of sulfone groups is 1. The van der Waals surface area contributed by atoms with Crippen molar-refractivity contribution in [3.05, 3.63) is 24.1 Å². The van der Waals surface area contributed by atoms with Crippen LogP contribution in [0.25, 0.3) is 0 Å². The highest BCUT2D eigenvalue weighted by molar-refractivity contribution is 7.94. The van der Waals surface area contributed by atoms with Crippen LogP contribution in [0.3, 0.4) is 0 Å². The summed E-state index contributed by atoms with van der Waals surface area (Å²) in [4.78, 5) is 6.17. The van der Waals surface area contributed by atoms with E-state index in [0.717, 1.165) is 24.3 Å². The van der Waals surface area contributed by atoms with Gasteiger partial charge in [-0.15, -0.1) is 0 Å². The molecule has 1 aliphatic heterocycles. The Labute approximate surface area is 94.5 Å². The molecule has 0 amide bonds. The molecule has 0 saturated carbocycles. The molecule has 0 bridgehead atoms. The molecule has 88 valence electrons. The average Bonchev–Trinajstić information content (AvgIpc) is 2.73. The van der Waals surface area contributed by atoms with Gasteiger partial charge in [-0.25, -0.2) is 18.1 Å². The van der Waals surface area contributed by atoms with Crippen LogP contribution in [0.2, 0.25) is 0 Å². The molecule has 7 heteroatoms. The van der Waals surface area contributed by atoms with Crippen LogP contribution in [0.4, 0.5) is 0 Å². The Balaban J connectivity index is 1.93. The van der Waals surface area contributed by atoms with Gasteiger partial charge >= 0.3 is 0 Å². The van der Waals surface area contributed by atoms with E-state index in [1.165, 1.54) is 6.33 Å². The van der Waals surface area contributed by atoms with Crippen molar-refractivity contribution in [2.24, 2.45) is 0 Å². The summed E-state index contributed by atoms with van der Waals surface area (Å²) in [6, 6.07) is 0. The Bertz CT molecular complexity index is 479. The second-order valence-corrected chi connectivity index (χ2v) is 5.78. The summed E-state index contributed by atoms with van der Waals surface area (Å²) in [5.41, 5.74) is 0. The number of fused-ring (bicyclic) bond motifs is 1. The van der Waals surface area contributed by atoms with E-state index < -0.39 is 9.84 Å². The van der Waals surface area contributed by atoms with Gasteiger partial charge in [0.2, 0.25) is 0 Å². The molecule has 0 aromatic carbocycles. The lowest BCUT2D eigenvalue weighted by Crippen LogP contribution is -2.37. The first-order chi connectivity index (χ1) is 7.61. The Hall–Kier alpha value is -1.21. The summed E-state index contributed by atoms with van der Waals surface area (Å²) in [6.45, 7) is 6.04. The van der Waals surface area contributed by atoms with Gasteiger partial charge in [-0.2, -0.15) is 5.10 Å². The number of rotatable bonds is 4. The van der Waals surface area contributed by atoms with Crippen molar-refractivity contribution < 1.29 is 8.42 Å². The normalized spacial score (nSPS) is 17.0. The number of hydrogen-bond donors (Lipinski definition) is 0. The molecule has 1 aromatic heterocycles. The minimum atomic E-state index is -3.10. The number of hydrogen-bond acceptors (Lipinski definition) is 5. The van der Waals surface area contributed by atoms with E-state index in [-0.39, 0.29) is 5.75 Å². The molecule has 1 aliphatic rings. The van der Waals surface area contributed by atoms with Crippen LogP contribution >= 0.6 is 0 Å². The first-order valence-electron chi connectivity index (χ1n) is 5.05. The molecule has 16 heavy (non-hydrogen) atoms. The maximum Gasteiger partial charge on any atom is 0.172 e. The van der Waals surface area contributed by atoms with Crippen molar-refractivity contribution in [1.29, 1.82) is 0 Å². The minimum Gasteiger partial charge on any atom is -0.293 e. The minimum absolute atomic E-state index is 0.116. The van der Waals surface area contributed by atoms with Gasteiger partial charge in [0.15, 0.2) is 9.84 Å². The van der Waals surface area contributed by atoms with E-state index in [4.69, 9.17) is 0 Å². The molecule has 0 atom stereocenters. The van der Waals surface area contributed by atoms with Gasteiger partial charge in [-0.3, -0.25) is 4.90 Å². The van der Waals surface area contributed by atoms with Gasteiger partial charge in [0.05, 0.1) is 18.8 Å². The summed E-state index contributed by atoms with van der Waals surface area (Å²) in [5, 5.41) is 5.07. The van der Waals surface area contributed by atoms with E-state index in [1.54, 1.807) is 0 Å². The second kappa shape index (κ2) is 4.34. The molecule has 6 nitrogen and oxygen atoms in total. The Morgan fingerprint density at radius 1 is 1.50 bits per heavy atom. The number of aromatic nitrogens is 3. The third kappa shape index (κ3) is 2.48. The molecule has 1 aromatic rings. The number of nitrogens with zero attached hydrogens (tertiary/aromatic N) is 4. The van der Waals surface area contributed by atoms with E-state index in [1.807, 2.05) is 4.68 Å². The average molecular weight is 242 g/mol. The zero-order valence-electron chi connectivity index (χ0n) is 8.91. The Kier molecular flexibility index (Phi) is 3.06. The highest BCUT2D eigenvalue weighted by Crippen LogP contribution is 2.08. The van der Waals surface area contributed by atoms with Crippen LogP contribution < -0.4 is 0 Å². The topological polar surface area (TPSA) is 68.1 Å². The van der Waals surface area contributed by atoms with Crippen molar-refractivity contribution in [3.63, 3.8) is 0 Å². The molecule has 0 fully saturated rings. The summed E-state index contributed by atoms with van der Waals surface area (Å²) >= 11 is 0. The molecule has 0 spiro atoms. The molecular weight excluding hydrogens is 228 g/mol. The van der Waals surface area contributed by atoms with E-state index in [2.05, 4.69) is 21.6 Å². The molecule has 0 unspecified atom stereocenters. The maximum atomic E-state index is 11.3. The first kappa shape index (κ1) is 11.3. The largest absolute Gasteiger partial charge is 0.293 e. The van der Waals surface area contributed by atoms with Crippen LogP contribution in [0, 0.1) is 0 Å². The lowest BCUT2D eigenvalue weighted by atomic mass is 10.4. The van der Waals surface area contributed by atoms with Crippen molar-refractivity contribution in [2.75, 3.05) is 18.8 Å². The fourth-order valence-corrected chi connectivity index (χ4v) is 2.32. The van der Waals surface area contributed by atoms with Crippen LogP contribution in [0.1, 0.15) is 5.82 Å². The molecule has 2 heterocycles. The smallest absolute Gasteiger partial charge is 0.172 e. The summed E-state index contributed by atoms with van der Waals surface area (Å²) in [6.07, 6.45) is 1.53. The van der Waals surface area contributed by atoms with Gasteiger partial charge in [0.25, 0.3) is 0 Å². The SMILES string of the molecule is C=CS(=O)(=O)CCN1CCn2ncnc2C1. The van der Waals surface area contributed by atoms with Gasteiger partial charge in [-0.1, -0.05) is 6.58 Å². The van der Waals surface area contributed by atoms with Gasteiger partial charge < -0.3 is 0 Å². The van der Waals surface area contributed by atoms with Crippen molar-refractivity contribution in [2.45, 2.75) is 13.1 Å². The second-order valence-electron chi connectivity index (χ2n) is 3.71. The molecule has 2 rings (SSSR count). The van der Waals surface area contributed by atoms with Crippen LogP contribution in [0.15, 0.2) is 18.3 Å². The summed E-state index contributed by atoms with van der Waals surface area (Å²) < 4.78 is 24.4. The van der Waals surface area contributed by atoms with Crippen LogP contribution in [-0.4, -0.2) is 46.9 Å². The molecule has 0 aliphatic carbocycles. The molecule has 0 saturated heterocycles. The van der Waals surface area contributed by atoms with Crippen molar-refractivity contribution >= 4 is 9.84 Å². The predicted octanol–water partition coefficient (Wildman–Crippen LogP) is -0.348. The summed E-state index contributed by atoms with van der Waals surface area (Å²) in [7, 11) is -3.10. The summed E-state index contributed by atoms with van der Waals surface area (Å²) in [5.74, 6) is 1.01. The molecule has 0 N–H and O–H groups in total. The zero-order chi connectivity index (χ0) is 11.6. The predicted molar refractivity (Wildman–Crippen MR) is 59.3 cm³/mol. The third-order valence-corrected chi connectivity index (χ3v) is 3.89. The molecular formula is C9H14N4O2S. The van der Waals surface area contributed by atoms with Gasteiger partial charge in [-0.05, 0) is 0 Å². The van der Waals surface area contributed by atoms with Gasteiger partial charge in [0.1, 0.15) is 12.2 Å². The van der Waals surface area contributed by atoms with E-state index >= 15 is 0 Å². The monoisotopic (exact) mass is 242 g/mol.